The number of carbonyl (C=O) groups excluding carboxylic acids is 1. The van der Waals surface area contributed by atoms with Crippen molar-refractivity contribution in [3.8, 4) is 0 Å². The van der Waals surface area contributed by atoms with E-state index in [2.05, 4.69) is 10.3 Å². The highest BCUT2D eigenvalue weighted by molar-refractivity contribution is 7.71. The minimum absolute atomic E-state index is 0.0691. The molecule has 0 aliphatic heterocycles. The van der Waals surface area contributed by atoms with Crippen LogP contribution < -0.4 is 10.9 Å². The van der Waals surface area contributed by atoms with Crippen LogP contribution in [0.2, 0.25) is 0 Å². The van der Waals surface area contributed by atoms with E-state index in [0.717, 1.165) is 4.88 Å². The van der Waals surface area contributed by atoms with Gasteiger partial charge < -0.3 is 10.3 Å². The summed E-state index contributed by atoms with van der Waals surface area (Å²) in [7, 11) is 1.62. The quantitative estimate of drug-likeness (QED) is 0.717. The lowest BCUT2D eigenvalue weighted by atomic mass is 10.1. The van der Waals surface area contributed by atoms with Crippen LogP contribution in [0.15, 0.2) is 40.5 Å². The van der Waals surface area contributed by atoms with Gasteiger partial charge in [-0.3, -0.25) is 14.2 Å². The highest BCUT2D eigenvalue weighted by Gasteiger charge is 2.13. The van der Waals surface area contributed by atoms with E-state index in [1.54, 1.807) is 36.6 Å². The van der Waals surface area contributed by atoms with Crippen LogP contribution in [0.4, 0.5) is 0 Å². The fourth-order valence-corrected chi connectivity index (χ4v) is 3.26. The maximum Gasteiger partial charge on any atom is 0.261 e. The van der Waals surface area contributed by atoms with Gasteiger partial charge >= 0.3 is 0 Å². The maximum atomic E-state index is 12.4. The van der Waals surface area contributed by atoms with E-state index in [0.29, 0.717) is 21.2 Å². The third-order valence-electron chi connectivity index (χ3n) is 3.68. The number of hydrogen-bond acceptors (Lipinski definition) is 4. The summed E-state index contributed by atoms with van der Waals surface area (Å²) < 4.78 is 1.70. The molecule has 3 aromatic rings. The molecule has 1 atom stereocenters. The summed E-state index contributed by atoms with van der Waals surface area (Å²) >= 11 is 6.71. The number of fused-ring (bicyclic) bond motifs is 1. The minimum Gasteiger partial charge on any atom is -0.345 e. The Hall–Kier alpha value is -2.25. The molecule has 0 bridgehead atoms. The van der Waals surface area contributed by atoms with E-state index in [4.69, 9.17) is 12.2 Å². The summed E-state index contributed by atoms with van der Waals surface area (Å²) in [6.45, 7) is 1.94. The molecule has 0 saturated heterocycles. The number of aromatic nitrogens is 2. The van der Waals surface area contributed by atoms with Gasteiger partial charge in [-0.05, 0) is 48.8 Å². The average molecular weight is 345 g/mol. The minimum atomic E-state index is -0.187. The number of hydrogen-bond donors (Lipinski definition) is 2. The normalized spacial score (nSPS) is 12.3. The van der Waals surface area contributed by atoms with Gasteiger partial charge in [-0.15, -0.1) is 11.3 Å². The zero-order chi connectivity index (χ0) is 16.6. The third-order valence-corrected chi connectivity index (χ3v) is 5.11. The lowest BCUT2D eigenvalue weighted by Crippen LogP contribution is -2.26. The van der Waals surface area contributed by atoms with Gasteiger partial charge in [-0.1, -0.05) is 6.07 Å². The first-order chi connectivity index (χ1) is 11.0. The molecule has 3 rings (SSSR count). The topological polar surface area (TPSA) is 66.9 Å². The molecule has 1 amide bonds. The molecule has 0 fully saturated rings. The first kappa shape index (κ1) is 15.6. The van der Waals surface area contributed by atoms with Crippen LogP contribution in [-0.2, 0) is 7.05 Å². The van der Waals surface area contributed by atoms with E-state index in [1.165, 1.54) is 4.57 Å². The largest absolute Gasteiger partial charge is 0.345 e. The second kappa shape index (κ2) is 6.10. The fourth-order valence-electron chi connectivity index (χ4n) is 2.34. The zero-order valence-corrected chi connectivity index (χ0v) is 14.3. The van der Waals surface area contributed by atoms with Gasteiger partial charge in [0.25, 0.3) is 11.5 Å². The van der Waals surface area contributed by atoms with Crippen molar-refractivity contribution >= 4 is 40.4 Å². The molecular formula is C16H15N3O2S2. The molecule has 118 valence electrons. The first-order valence-corrected chi connectivity index (χ1v) is 8.33. The number of H-pyrrole nitrogens is 1. The van der Waals surface area contributed by atoms with Crippen molar-refractivity contribution in [2.24, 2.45) is 7.05 Å². The second-order valence-corrected chi connectivity index (χ2v) is 6.63. The van der Waals surface area contributed by atoms with Gasteiger partial charge in [0, 0.05) is 17.5 Å². The number of amides is 1. The Morgan fingerprint density at radius 2 is 2.17 bits per heavy atom. The molecule has 23 heavy (non-hydrogen) atoms. The molecule has 1 unspecified atom stereocenters. The second-order valence-electron chi connectivity index (χ2n) is 5.27. The summed E-state index contributed by atoms with van der Waals surface area (Å²) in [5, 5.41) is 5.43. The summed E-state index contributed by atoms with van der Waals surface area (Å²) in [4.78, 5) is 28.6. The van der Waals surface area contributed by atoms with E-state index in [-0.39, 0.29) is 17.5 Å². The maximum absolute atomic E-state index is 12.4. The highest BCUT2D eigenvalue weighted by Crippen LogP contribution is 2.19. The Bertz CT molecular complexity index is 987. The molecule has 2 heterocycles. The highest BCUT2D eigenvalue weighted by atomic mass is 32.1. The molecule has 1 aromatic carbocycles. The zero-order valence-electron chi connectivity index (χ0n) is 12.6. The molecule has 2 aromatic heterocycles. The van der Waals surface area contributed by atoms with Crippen molar-refractivity contribution in [2.45, 2.75) is 13.0 Å². The van der Waals surface area contributed by atoms with Crippen LogP contribution >= 0.6 is 23.6 Å². The Kier molecular flexibility index (Phi) is 4.14. The molecule has 7 heteroatoms. The number of nitrogens with one attached hydrogen (secondary N) is 2. The summed E-state index contributed by atoms with van der Waals surface area (Å²) in [6.07, 6.45) is 0. The van der Waals surface area contributed by atoms with Crippen LogP contribution in [0, 0.1) is 4.77 Å². The SMILES string of the molecule is CC(NC(=O)c1ccc2c(=O)n(C)c(=S)[nH]c2c1)c1cccs1. The summed E-state index contributed by atoms with van der Waals surface area (Å²) in [6, 6.07) is 8.82. The molecule has 0 radical (unpaired) electrons. The number of benzene rings is 1. The van der Waals surface area contributed by atoms with Crippen LogP contribution in [0.5, 0.6) is 0 Å². The predicted molar refractivity (Wildman–Crippen MR) is 94.6 cm³/mol. The third kappa shape index (κ3) is 2.97. The smallest absolute Gasteiger partial charge is 0.261 e. The van der Waals surface area contributed by atoms with Crippen molar-refractivity contribution in [1.29, 1.82) is 0 Å². The van der Waals surface area contributed by atoms with Crippen molar-refractivity contribution in [3.63, 3.8) is 0 Å². The van der Waals surface area contributed by atoms with Gasteiger partial charge in [0.1, 0.15) is 0 Å². The lowest BCUT2D eigenvalue weighted by Gasteiger charge is -2.12. The molecule has 0 saturated carbocycles. The number of aromatic amines is 1. The molecule has 5 nitrogen and oxygen atoms in total. The van der Waals surface area contributed by atoms with Crippen LogP contribution in [-0.4, -0.2) is 15.5 Å². The van der Waals surface area contributed by atoms with E-state index in [9.17, 15) is 9.59 Å². The van der Waals surface area contributed by atoms with Gasteiger partial charge in [-0.2, -0.15) is 0 Å². The first-order valence-electron chi connectivity index (χ1n) is 7.04. The lowest BCUT2D eigenvalue weighted by molar-refractivity contribution is 0.0940. The Balaban J connectivity index is 1.94. The molecule has 0 aliphatic rings. The monoisotopic (exact) mass is 345 g/mol. The molecule has 0 spiro atoms. The van der Waals surface area contributed by atoms with Gasteiger partial charge in [-0.25, -0.2) is 0 Å². The van der Waals surface area contributed by atoms with Crippen LogP contribution in [0.3, 0.4) is 0 Å². The number of rotatable bonds is 3. The van der Waals surface area contributed by atoms with Gasteiger partial charge in [0.05, 0.1) is 16.9 Å². The molecule has 2 N–H and O–H groups in total. The molecule has 0 aliphatic carbocycles. The van der Waals surface area contributed by atoms with E-state index >= 15 is 0 Å². The Morgan fingerprint density at radius 1 is 1.39 bits per heavy atom. The van der Waals surface area contributed by atoms with Crippen molar-refractivity contribution in [3.05, 3.63) is 61.3 Å². The van der Waals surface area contributed by atoms with Crippen molar-refractivity contribution in [2.75, 3.05) is 0 Å². The predicted octanol–water partition coefficient (Wildman–Crippen LogP) is 3.15. The van der Waals surface area contributed by atoms with Crippen LogP contribution in [0.25, 0.3) is 10.9 Å². The number of nitrogens with zero attached hydrogens (tertiary/aromatic N) is 1. The number of thiophene rings is 1. The van der Waals surface area contributed by atoms with Gasteiger partial charge in [0.15, 0.2) is 4.77 Å². The van der Waals surface area contributed by atoms with Crippen LogP contribution in [0.1, 0.15) is 28.2 Å². The van der Waals surface area contributed by atoms with Crippen molar-refractivity contribution < 1.29 is 4.79 Å². The molecular weight excluding hydrogens is 330 g/mol. The standard InChI is InChI=1S/C16H15N3O2S2/c1-9(13-4-3-7-23-13)17-14(20)10-5-6-11-12(8-10)18-16(22)19(2)15(11)21/h3-9H,1-2H3,(H,17,20)(H,18,22). The van der Waals surface area contributed by atoms with E-state index in [1.807, 2.05) is 24.4 Å². The van der Waals surface area contributed by atoms with Crippen molar-refractivity contribution in [1.82, 2.24) is 14.9 Å². The van der Waals surface area contributed by atoms with E-state index < -0.39 is 0 Å². The summed E-state index contributed by atoms with van der Waals surface area (Å²) in [5.74, 6) is -0.187. The average Bonchev–Trinajstić information content (AvgIpc) is 3.06. The Labute approximate surface area is 141 Å². The Morgan fingerprint density at radius 3 is 2.87 bits per heavy atom. The van der Waals surface area contributed by atoms with Gasteiger partial charge in [0.2, 0.25) is 0 Å². The number of carbonyl (C=O) groups is 1. The fraction of sp³-hybridized carbons (Fsp3) is 0.188. The summed E-state index contributed by atoms with van der Waals surface area (Å²) in [5.41, 5.74) is 0.872.